The van der Waals surface area contributed by atoms with E-state index in [0.717, 1.165) is 18.2 Å². The predicted octanol–water partition coefficient (Wildman–Crippen LogP) is 2.54. The number of rotatable bonds is 5. The maximum Gasteiger partial charge on any atom is 0.225 e. The van der Waals surface area contributed by atoms with Gasteiger partial charge in [-0.1, -0.05) is 0 Å². The number of fused-ring (bicyclic) bond motifs is 1. The number of halogens is 2. The SMILES string of the molecule is O=C(CCS(=O)(=O)c1ccc2c(c1)OCCO2)Nc1cc(F)ccc1F. The van der Waals surface area contributed by atoms with E-state index in [9.17, 15) is 22.0 Å². The Balaban J connectivity index is 1.66. The van der Waals surface area contributed by atoms with E-state index in [4.69, 9.17) is 9.47 Å². The van der Waals surface area contributed by atoms with Crippen molar-refractivity contribution in [2.45, 2.75) is 11.3 Å². The predicted molar refractivity (Wildman–Crippen MR) is 89.1 cm³/mol. The highest BCUT2D eigenvalue weighted by molar-refractivity contribution is 7.91. The second-order valence-electron chi connectivity index (χ2n) is 5.55. The van der Waals surface area contributed by atoms with Gasteiger partial charge < -0.3 is 14.8 Å². The van der Waals surface area contributed by atoms with Crippen molar-refractivity contribution in [3.05, 3.63) is 48.0 Å². The molecular formula is C17H15F2NO5S. The molecule has 0 spiro atoms. The highest BCUT2D eigenvalue weighted by Crippen LogP contribution is 2.32. The topological polar surface area (TPSA) is 81.7 Å². The molecule has 0 aromatic heterocycles. The molecule has 6 nitrogen and oxygen atoms in total. The number of ether oxygens (including phenoxy) is 2. The van der Waals surface area contributed by atoms with Crippen LogP contribution in [-0.4, -0.2) is 33.3 Å². The molecule has 2 aromatic rings. The zero-order valence-electron chi connectivity index (χ0n) is 13.5. The summed E-state index contributed by atoms with van der Waals surface area (Å²) in [6, 6.07) is 6.81. The average molecular weight is 383 g/mol. The Morgan fingerprint density at radius 1 is 1.04 bits per heavy atom. The molecule has 1 heterocycles. The normalized spacial score (nSPS) is 13.3. The van der Waals surface area contributed by atoms with E-state index in [2.05, 4.69) is 5.32 Å². The Bertz CT molecular complexity index is 946. The van der Waals surface area contributed by atoms with E-state index in [0.29, 0.717) is 24.7 Å². The van der Waals surface area contributed by atoms with Crippen molar-refractivity contribution in [2.24, 2.45) is 0 Å². The summed E-state index contributed by atoms with van der Waals surface area (Å²) in [5.74, 6) is -1.98. The Hall–Kier alpha value is -2.68. The minimum absolute atomic E-state index is 0.00788. The van der Waals surface area contributed by atoms with Crippen LogP contribution in [0.25, 0.3) is 0 Å². The fraction of sp³-hybridized carbons (Fsp3) is 0.235. The van der Waals surface area contributed by atoms with Gasteiger partial charge in [-0.25, -0.2) is 17.2 Å². The molecule has 0 saturated carbocycles. The monoisotopic (exact) mass is 383 g/mol. The van der Waals surface area contributed by atoms with Gasteiger partial charge in [0.05, 0.1) is 16.3 Å². The number of carbonyl (C=O) groups excluding carboxylic acids is 1. The van der Waals surface area contributed by atoms with Gasteiger partial charge in [0.1, 0.15) is 24.8 Å². The summed E-state index contributed by atoms with van der Waals surface area (Å²) in [6.07, 6.45) is -0.410. The van der Waals surface area contributed by atoms with Crippen molar-refractivity contribution in [2.75, 3.05) is 24.3 Å². The summed E-state index contributed by atoms with van der Waals surface area (Å²) in [4.78, 5) is 11.9. The van der Waals surface area contributed by atoms with Crippen LogP contribution in [0.4, 0.5) is 14.5 Å². The van der Waals surface area contributed by atoms with Crippen LogP contribution < -0.4 is 14.8 Å². The molecule has 1 amide bonds. The third-order valence-corrected chi connectivity index (χ3v) is 5.39. The lowest BCUT2D eigenvalue weighted by Gasteiger charge is -2.18. The van der Waals surface area contributed by atoms with Crippen LogP contribution in [-0.2, 0) is 14.6 Å². The van der Waals surface area contributed by atoms with Crippen LogP contribution in [0.3, 0.4) is 0 Å². The zero-order chi connectivity index (χ0) is 18.7. The lowest BCUT2D eigenvalue weighted by molar-refractivity contribution is -0.115. The summed E-state index contributed by atoms with van der Waals surface area (Å²) < 4.78 is 62.0. The highest BCUT2D eigenvalue weighted by Gasteiger charge is 2.21. The third-order valence-electron chi connectivity index (χ3n) is 3.67. The fourth-order valence-electron chi connectivity index (χ4n) is 2.37. The first-order valence-electron chi connectivity index (χ1n) is 7.72. The van der Waals surface area contributed by atoms with Gasteiger partial charge in [0.15, 0.2) is 21.3 Å². The molecule has 0 fully saturated rings. The molecule has 1 aliphatic rings. The van der Waals surface area contributed by atoms with Gasteiger partial charge in [0, 0.05) is 18.6 Å². The van der Waals surface area contributed by atoms with Crippen molar-refractivity contribution in [1.29, 1.82) is 0 Å². The van der Waals surface area contributed by atoms with E-state index in [-0.39, 0.29) is 10.6 Å². The van der Waals surface area contributed by atoms with E-state index in [1.807, 2.05) is 0 Å². The van der Waals surface area contributed by atoms with Crippen molar-refractivity contribution < 1.29 is 31.5 Å². The second kappa shape index (κ2) is 7.28. The number of hydrogen-bond donors (Lipinski definition) is 1. The quantitative estimate of drug-likeness (QED) is 0.858. The van der Waals surface area contributed by atoms with Crippen molar-refractivity contribution in [1.82, 2.24) is 0 Å². The minimum Gasteiger partial charge on any atom is -0.486 e. The lowest BCUT2D eigenvalue weighted by atomic mass is 10.3. The van der Waals surface area contributed by atoms with Gasteiger partial charge in [-0.05, 0) is 24.3 Å². The maximum atomic E-state index is 13.5. The van der Waals surface area contributed by atoms with Crippen LogP contribution in [0.2, 0.25) is 0 Å². The van der Waals surface area contributed by atoms with E-state index in [1.54, 1.807) is 0 Å². The molecule has 1 N–H and O–H groups in total. The van der Waals surface area contributed by atoms with E-state index in [1.165, 1.54) is 18.2 Å². The molecule has 1 aliphatic heterocycles. The highest BCUT2D eigenvalue weighted by atomic mass is 32.2. The second-order valence-corrected chi connectivity index (χ2v) is 7.66. The summed E-state index contributed by atoms with van der Waals surface area (Å²) in [5.41, 5.74) is -0.341. The van der Waals surface area contributed by atoms with Crippen molar-refractivity contribution in [3.63, 3.8) is 0 Å². The smallest absolute Gasteiger partial charge is 0.225 e. The maximum absolute atomic E-state index is 13.5. The Kier molecular flexibility index (Phi) is 5.08. The number of carbonyl (C=O) groups is 1. The molecule has 26 heavy (non-hydrogen) atoms. The lowest BCUT2D eigenvalue weighted by Crippen LogP contribution is -2.19. The number of benzene rings is 2. The summed E-state index contributed by atoms with van der Waals surface area (Å²) in [5, 5.41) is 2.16. The number of nitrogens with one attached hydrogen (secondary N) is 1. The van der Waals surface area contributed by atoms with E-state index >= 15 is 0 Å². The van der Waals surface area contributed by atoms with Crippen LogP contribution in [0.5, 0.6) is 11.5 Å². The molecule has 0 saturated heterocycles. The molecular weight excluding hydrogens is 368 g/mol. The fourth-order valence-corrected chi connectivity index (χ4v) is 3.62. The molecule has 0 unspecified atom stereocenters. The third kappa shape index (κ3) is 4.10. The largest absolute Gasteiger partial charge is 0.486 e. The molecule has 0 bridgehead atoms. The number of amides is 1. The average Bonchev–Trinajstić information content (AvgIpc) is 2.63. The molecule has 0 aliphatic carbocycles. The first kappa shape index (κ1) is 18.1. The van der Waals surface area contributed by atoms with Crippen molar-refractivity contribution >= 4 is 21.4 Å². The van der Waals surface area contributed by atoms with E-state index < -0.39 is 39.6 Å². The minimum atomic E-state index is -3.76. The molecule has 3 rings (SSSR count). The van der Waals surface area contributed by atoms with Gasteiger partial charge in [-0.15, -0.1) is 0 Å². The van der Waals surface area contributed by atoms with Gasteiger partial charge in [0.25, 0.3) is 0 Å². The van der Waals surface area contributed by atoms with Gasteiger partial charge in [0.2, 0.25) is 5.91 Å². The molecule has 9 heteroatoms. The van der Waals surface area contributed by atoms with Gasteiger partial charge in [-0.2, -0.15) is 0 Å². The Morgan fingerprint density at radius 2 is 1.77 bits per heavy atom. The van der Waals surface area contributed by atoms with Crippen molar-refractivity contribution in [3.8, 4) is 11.5 Å². The number of anilines is 1. The van der Waals surface area contributed by atoms with Gasteiger partial charge in [-0.3, -0.25) is 4.79 Å². The zero-order valence-corrected chi connectivity index (χ0v) is 14.3. The van der Waals surface area contributed by atoms with Crippen LogP contribution in [0.1, 0.15) is 6.42 Å². The first-order valence-corrected chi connectivity index (χ1v) is 9.38. The summed E-state index contributed by atoms with van der Waals surface area (Å²) in [7, 11) is -3.76. The molecule has 0 atom stereocenters. The number of sulfone groups is 1. The van der Waals surface area contributed by atoms with Gasteiger partial charge >= 0.3 is 0 Å². The molecule has 138 valence electrons. The van der Waals surface area contributed by atoms with Crippen LogP contribution >= 0.6 is 0 Å². The molecule has 0 radical (unpaired) electrons. The Morgan fingerprint density at radius 3 is 2.54 bits per heavy atom. The Labute approximate surface area is 148 Å². The summed E-state index contributed by atoms with van der Waals surface area (Å²) >= 11 is 0. The standard InChI is InChI=1S/C17H15F2NO5S/c18-11-1-3-13(19)14(9-11)20-17(21)5-8-26(22,23)12-2-4-15-16(10-12)25-7-6-24-15/h1-4,9-10H,5-8H2,(H,20,21). The van der Waals surface area contributed by atoms with Crippen LogP contribution in [0.15, 0.2) is 41.3 Å². The first-order chi connectivity index (χ1) is 12.3. The molecule has 2 aromatic carbocycles. The summed E-state index contributed by atoms with van der Waals surface area (Å²) in [6.45, 7) is 0.702. The number of hydrogen-bond acceptors (Lipinski definition) is 5. The van der Waals surface area contributed by atoms with Crippen LogP contribution in [0, 0.1) is 11.6 Å².